The second-order valence-electron chi connectivity index (χ2n) is 4.10. The van der Waals surface area contributed by atoms with Crippen LogP contribution in [0.2, 0.25) is 0 Å². The summed E-state index contributed by atoms with van der Waals surface area (Å²) < 4.78 is 30.9. The van der Waals surface area contributed by atoms with Crippen LogP contribution in [-0.4, -0.2) is 11.6 Å². The lowest BCUT2D eigenvalue weighted by Crippen LogP contribution is -2.24. The van der Waals surface area contributed by atoms with Crippen molar-refractivity contribution in [2.24, 2.45) is 0 Å². The van der Waals surface area contributed by atoms with Crippen LogP contribution in [0, 0.1) is 11.6 Å². The average molecular weight is 214 g/mol. The van der Waals surface area contributed by atoms with E-state index < -0.39 is 23.2 Å². The van der Waals surface area contributed by atoms with Crippen LogP contribution in [0.15, 0.2) is 18.2 Å². The van der Waals surface area contributed by atoms with Crippen molar-refractivity contribution in [3.05, 3.63) is 35.4 Å². The van der Waals surface area contributed by atoms with Crippen LogP contribution in [0.1, 0.15) is 31.1 Å². The first-order chi connectivity index (χ1) is 6.81. The minimum Gasteiger partial charge on any atom is -0.456 e. The Kier molecular flexibility index (Phi) is 3.07. The molecule has 1 aromatic carbocycles. The Bertz CT molecular complexity index is 381. The van der Waals surface area contributed by atoms with E-state index in [9.17, 15) is 13.6 Å². The van der Waals surface area contributed by atoms with Crippen molar-refractivity contribution in [2.45, 2.75) is 26.4 Å². The molecule has 0 spiro atoms. The summed E-state index contributed by atoms with van der Waals surface area (Å²) in [6.07, 6.45) is 0. The molecule has 0 aliphatic rings. The summed E-state index contributed by atoms with van der Waals surface area (Å²) in [5, 5.41) is 0. The Morgan fingerprint density at radius 2 is 1.87 bits per heavy atom. The molecule has 4 heteroatoms. The average Bonchev–Trinajstić information content (AvgIpc) is 2.06. The van der Waals surface area contributed by atoms with Crippen LogP contribution in [0.5, 0.6) is 0 Å². The van der Waals surface area contributed by atoms with E-state index in [2.05, 4.69) is 0 Å². The molecule has 0 N–H and O–H groups in total. The summed E-state index contributed by atoms with van der Waals surface area (Å²) in [5.41, 5.74) is -1.11. The van der Waals surface area contributed by atoms with E-state index in [1.165, 1.54) is 12.1 Å². The van der Waals surface area contributed by atoms with Gasteiger partial charge in [-0.3, -0.25) is 0 Å². The zero-order chi connectivity index (χ0) is 11.6. The van der Waals surface area contributed by atoms with Gasteiger partial charge in [0, 0.05) is 0 Å². The molecule has 0 bridgehead atoms. The zero-order valence-corrected chi connectivity index (χ0v) is 8.80. The molecule has 0 fully saturated rings. The lowest BCUT2D eigenvalue weighted by molar-refractivity contribution is 0.00637. The molecule has 82 valence electrons. The fraction of sp³-hybridized carbons (Fsp3) is 0.364. The lowest BCUT2D eigenvalue weighted by Gasteiger charge is -2.19. The van der Waals surface area contributed by atoms with Gasteiger partial charge in [0.05, 0.1) is 5.56 Å². The maximum absolute atomic E-state index is 13.2. The van der Waals surface area contributed by atoms with Gasteiger partial charge in [-0.25, -0.2) is 13.6 Å². The molecule has 0 amide bonds. The Morgan fingerprint density at radius 3 is 2.40 bits per heavy atom. The molecule has 0 aliphatic carbocycles. The molecule has 0 unspecified atom stereocenters. The predicted octanol–water partition coefficient (Wildman–Crippen LogP) is 2.92. The number of carbonyl (C=O) groups is 1. The number of rotatable bonds is 1. The summed E-state index contributed by atoms with van der Waals surface area (Å²) in [6, 6.07) is 3.40. The van der Waals surface area contributed by atoms with Gasteiger partial charge in [0.25, 0.3) is 0 Å². The first-order valence-electron chi connectivity index (χ1n) is 4.48. The van der Waals surface area contributed by atoms with Crippen LogP contribution < -0.4 is 0 Å². The molecule has 2 nitrogen and oxygen atoms in total. The smallest absolute Gasteiger partial charge is 0.341 e. The van der Waals surface area contributed by atoms with Gasteiger partial charge in [0.15, 0.2) is 11.6 Å². The Hall–Kier alpha value is -1.45. The maximum Gasteiger partial charge on any atom is 0.341 e. The number of halogens is 2. The van der Waals surface area contributed by atoms with E-state index in [0.29, 0.717) is 0 Å². The van der Waals surface area contributed by atoms with Gasteiger partial charge < -0.3 is 4.74 Å². The summed E-state index contributed by atoms with van der Waals surface area (Å²) in [7, 11) is 0. The van der Waals surface area contributed by atoms with Gasteiger partial charge >= 0.3 is 5.97 Å². The topological polar surface area (TPSA) is 26.3 Å². The number of hydrogen-bond acceptors (Lipinski definition) is 2. The number of hydrogen-bond donors (Lipinski definition) is 0. The minimum atomic E-state index is -1.17. The Morgan fingerprint density at radius 1 is 1.27 bits per heavy atom. The molecule has 1 aromatic rings. The Labute approximate surface area is 86.9 Å². The summed E-state index contributed by atoms with van der Waals surface area (Å²) >= 11 is 0. The molecular weight excluding hydrogens is 202 g/mol. The summed E-state index contributed by atoms with van der Waals surface area (Å²) in [5.74, 6) is -3.09. The normalized spacial score (nSPS) is 11.3. The summed E-state index contributed by atoms with van der Waals surface area (Å²) in [6.45, 7) is 4.96. The van der Waals surface area contributed by atoms with E-state index in [4.69, 9.17) is 4.74 Å². The first-order valence-corrected chi connectivity index (χ1v) is 4.48. The van der Waals surface area contributed by atoms with Gasteiger partial charge in [0.2, 0.25) is 0 Å². The highest BCUT2D eigenvalue weighted by Crippen LogP contribution is 2.16. The van der Waals surface area contributed by atoms with E-state index in [0.717, 1.165) is 6.07 Å². The number of ether oxygens (including phenoxy) is 1. The van der Waals surface area contributed by atoms with E-state index in [1.54, 1.807) is 20.8 Å². The third kappa shape index (κ3) is 3.01. The number of carbonyl (C=O) groups excluding carboxylic acids is 1. The molecule has 0 atom stereocenters. The van der Waals surface area contributed by atoms with Gasteiger partial charge in [-0.1, -0.05) is 6.07 Å². The number of benzene rings is 1. The van der Waals surface area contributed by atoms with Crippen molar-refractivity contribution in [1.29, 1.82) is 0 Å². The van der Waals surface area contributed by atoms with Gasteiger partial charge in [-0.15, -0.1) is 0 Å². The second-order valence-corrected chi connectivity index (χ2v) is 4.10. The third-order valence-electron chi connectivity index (χ3n) is 1.57. The van der Waals surface area contributed by atoms with Crippen LogP contribution in [0.4, 0.5) is 8.78 Å². The quantitative estimate of drug-likeness (QED) is 0.672. The molecule has 0 aliphatic heterocycles. The fourth-order valence-electron chi connectivity index (χ4n) is 0.995. The standard InChI is InChI=1S/C11H12F2O2/c1-11(2,3)15-10(14)7-5-4-6-8(12)9(7)13/h4-6H,1-3H3. The van der Waals surface area contributed by atoms with Crippen LogP contribution in [-0.2, 0) is 4.74 Å². The van der Waals surface area contributed by atoms with Crippen molar-refractivity contribution in [2.75, 3.05) is 0 Å². The fourth-order valence-corrected chi connectivity index (χ4v) is 0.995. The highest BCUT2D eigenvalue weighted by atomic mass is 19.2. The molecule has 0 heterocycles. The lowest BCUT2D eigenvalue weighted by atomic mass is 10.1. The summed E-state index contributed by atoms with van der Waals surface area (Å²) in [4.78, 5) is 11.4. The molecule has 0 saturated heterocycles. The van der Waals surface area contributed by atoms with Crippen molar-refractivity contribution in [3.8, 4) is 0 Å². The largest absolute Gasteiger partial charge is 0.456 e. The molecule has 0 saturated carbocycles. The number of esters is 1. The third-order valence-corrected chi connectivity index (χ3v) is 1.57. The van der Waals surface area contributed by atoms with E-state index in [1.807, 2.05) is 0 Å². The highest BCUT2D eigenvalue weighted by Gasteiger charge is 2.21. The van der Waals surface area contributed by atoms with Crippen molar-refractivity contribution in [3.63, 3.8) is 0 Å². The predicted molar refractivity (Wildman–Crippen MR) is 51.5 cm³/mol. The minimum absolute atomic E-state index is 0.384. The second kappa shape index (κ2) is 3.96. The maximum atomic E-state index is 13.2. The van der Waals surface area contributed by atoms with Crippen LogP contribution in [0.25, 0.3) is 0 Å². The SMILES string of the molecule is CC(C)(C)OC(=O)c1cccc(F)c1F. The molecule has 15 heavy (non-hydrogen) atoms. The molecule has 0 aromatic heterocycles. The van der Waals surface area contributed by atoms with Crippen molar-refractivity contribution < 1.29 is 18.3 Å². The molecule has 0 radical (unpaired) electrons. The van der Waals surface area contributed by atoms with Gasteiger partial charge in [-0.05, 0) is 32.9 Å². The zero-order valence-electron chi connectivity index (χ0n) is 8.80. The molecule has 1 rings (SSSR count). The van der Waals surface area contributed by atoms with Gasteiger partial charge in [0.1, 0.15) is 5.60 Å². The molecular formula is C11H12F2O2. The van der Waals surface area contributed by atoms with Gasteiger partial charge in [-0.2, -0.15) is 0 Å². The highest BCUT2D eigenvalue weighted by molar-refractivity contribution is 5.89. The van der Waals surface area contributed by atoms with Crippen molar-refractivity contribution in [1.82, 2.24) is 0 Å². The Balaban J connectivity index is 2.97. The van der Waals surface area contributed by atoms with Crippen LogP contribution in [0.3, 0.4) is 0 Å². The van der Waals surface area contributed by atoms with E-state index >= 15 is 0 Å². The van der Waals surface area contributed by atoms with E-state index in [-0.39, 0.29) is 5.56 Å². The van der Waals surface area contributed by atoms with Crippen molar-refractivity contribution >= 4 is 5.97 Å². The monoisotopic (exact) mass is 214 g/mol. The first kappa shape index (κ1) is 11.6. The van der Waals surface area contributed by atoms with Crippen LogP contribution >= 0.6 is 0 Å².